The largest absolute Gasteiger partial charge is 0.347 e. The van der Waals surface area contributed by atoms with E-state index >= 15 is 0 Å². The topological polar surface area (TPSA) is 108 Å². The lowest BCUT2D eigenvalue weighted by molar-refractivity contribution is 0.0931. The molecule has 2 aromatic heterocycles. The quantitative estimate of drug-likeness (QED) is 0.640. The molecule has 0 spiro atoms. The number of hydrogen-bond acceptors (Lipinski definition) is 6. The number of thiophene rings is 1. The Kier molecular flexibility index (Phi) is 5.73. The lowest BCUT2D eigenvalue weighted by Crippen LogP contribution is -2.29. The van der Waals surface area contributed by atoms with Crippen LogP contribution in [0.1, 0.15) is 59.9 Å². The van der Waals surface area contributed by atoms with Crippen molar-refractivity contribution < 1.29 is 14.0 Å². The molecular formula is C22H18FN5O2S. The summed E-state index contributed by atoms with van der Waals surface area (Å²) in [5, 5.41) is 14.7. The number of aromatic nitrogens is 2. The highest BCUT2D eigenvalue weighted by molar-refractivity contribution is 7.12. The average Bonchev–Trinajstić information content (AvgIpc) is 3.35. The van der Waals surface area contributed by atoms with Gasteiger partial charge in [0, 0.05) is 17.5 Å². The third-order valence-electron chi connectivity index (χ3n) is 5.10. The summed E-state index contributed by atoms with van der Waals surface area (Å²) in [6, 6.07) is 9.71. The van der Waals surface area contributed by atoms with Crippen LogP contribution in [0.15, 0.2) is 36.7 Å². The number of benzene rings is 1. The fraction of sp³-hybridized carbons (Fsp3) is 0.227. The number of aryl methyl sites for hydroxylation is 2. The molecule has 0 bridgehead atoms. The van der Waals surface area contributed by atoms with Gasteiger partial charge in [-0.25, -0.2) is 14.4 Å². The van der Waals surface area contributed by atoms with Gasteiger partial charge in [-0.15, -0.1) is 11.3 Å². The zero-order valence-electron chi connectivity index (χ0n) is 16.6. The fourth-order valence-electron chi connectivity index (χ4n) is 3.50. The van der Waals surface area contributed by atoms with Crippen molar-refractivity contribution in [2.24, 2.45) is 0 Å². The summed E-state index contributed by atoms with van der Waals surface area (Å²) < 4.78 is 13.4. The molecule has 1 aromatic carbocycles. The van der Waals surface area contributed by atoms with Crippen molar-refractivity contribution in [2.75, 3.05) is 0 Å². The van der Waals surface area contributed by atoms with Crippen LogP contribution in [0.25, 0.3) is 0 Å². The number of nitrogens with zero attached hydrogens (tertiary/aromatic N) is 3. The molecule has 31 heavy (non-hydrogen) atoms. The van der Waals surface area contributed by atoms with Crippen molar-refractivity contribution in [3.63, 3.8) is 0 Å². The number of carbonyl (C=O) groups excluding carboxylic acids is 2. The van der Waals surface area contributed by atoms with Crippen LogP contribution >= 0.6 is 11.3 Å². The first-order valence-electron chi connectivity index (χ1n) is 9.63. The van der Waals surface area contributed by atoms with Crippen LogP contribution < -0.4 is 10.6 Å². The standard InChI is InChI=1S/C22H18FN5O2S/c1-12-6-13(2-3-16(12)23)10-25-21(29)18-8-19(27-11-26-18)22(30)28-17-4-5-20-15(17)7-14(9-24)31-20/h2-3,6-8,11,17H,4-5,10H2,1H3,(H,25,29)(H,28,30)/t17-/m0/s1. The van der Waals surface area contributed by atoms with E-state index in [1.807, 2.05) is 6.07 Å². The van der Waals surface area contributed by atoms with Crippen LogP contribution in [0, 0.1) is 24.1 Å². The van der Waals surface area contributed by atoms with Gasteiger partial charge in [0.1, 0.15) is 34.5 Å². The highest BCUT2D eigenvalue weighted by Gasteiger charge is 2.27. The molecule has 4 rings (SSSR count). The molecule has 2 N–H and O–H groups in total. The monoisotopic (exact) mass is 435 g/mol. The van der Waals surface area contributed by atoms with E-state index in [0.29, 0.717) is 10.4 Å². The number of hydrogen-bond donors (Lipinski definition) is 2. The van der Waals surface area contributed by atoms with E-state index in [1.165, 1.54) is 29.8 Å². The number of halogens is 1. The second-order valence-electron chi connectivity index (χ2n) is 7.22. The number of nitriles is 1. The van der Waals surface area contributed by atoms with Gasteiger partial charge in [-0.05, 0) is 48.6 Å². The molecule has 3 aromatic rings. The van der Waals surface area contributed by atoms with Gasteiger partial charge in [0.15, 0.2) is 0 Å². The highest BCUT2D eigenvalue weighted by atomic mass is 32.1. The molecule has 1 aliphatic rings. The molecular weight excluding hydrogens is 417 g/mol. The fourth-order valence-corrected chi connectivity index (χ4v) is 4.53. The number of rotatable bonds is 5. The van der Waals surface area contributed by atoms with Gasteiger partial charge in [-0.3, -0.25) is 9.59 Å². The van der Waals surface area contributed by atoms with Crippen molar-refractivity contribution >= 4 is 23.2 Å². The highest BCUT2D eigenvalue weighted by Crippen LogP contribution is 2.37. The van der Waals surface area contributed by atoms with Crippen LogP contribution in [0.3, 0.4) is 0 Å². The first-order valence-corrected chi connectivity index (χ1v) is 10.4. The number of amides is 2. The summed E-state index contributed by atoms with van der Waals surface area (Å²) in [5.41, 5.74) is 2.37. The van der Waals surface area contributed by atoms with Gasteiger partial charge < -0.3 is 10.6 Å². The van der Waals surface area contributed by atoms with Gasteiger partial charge in [-0.2, -0.15) is 5.26 Å². The van der Waals surface area contributed by atoms with Crippen molar-refractivity contribution in [3.05, 3.63) is 80.3 Å². The molecule has 156 valence electrons. The molecule has 7 nitrogen and oxygen atoms in total. The van der Waals surface area contributed by atoms with E-state index in [2.05, 4.69) is 26.7 Å². The Labute approximate surface area is 182 Å². The molecule has 0 saturated carbocycles. The van der Waals surface area contributed by atoms with E-state index in [9.17, 15) is 14.0 Å². The van der Waals surface area contributed by atoms with Gasteiger partial charge in [0.2, 0.25) is 0 Å². The Morgan fingerprint density at radius 1 is 1.23 bits per heavy atom. The summed E-state index contributed by atoms with van der Waals surface area (Å²) in [5.74, 6) is -1.17. The van der Waals surface area contributed by atoms with Crippen molar-refractivity contribution in [1.82, 2.24) is 20.6 Å². The second kappa shape index (κ2) is 8.62. The Balaban J connectivity index is 1.41. The minimum absolute atomic E-state index is 0.0633. The van der Waals surface area contributed by atoms with Crippen LogP contribution in [-0.4, -0.2) is 21.8 Å². The van der Waals surface area contributed by atoms with E-state index in [-0.39, 0.29) is 29.8 Å². The number of nitrogens with one attached hydrogen (secondary N) is 2. The van der Waals surface area contributed by atoms with Crippen molar-refractivity contribution in [3.8, 4) is 6.07 Å². The SMILES string of the molecule is Cc1cc(CNC(=O)c2cc(C(=O)N[C@H]3CCc4sc(C#N)cc43)ncn2)ccc1F. The Hall–Kier alpha value is -3.64. The zero-order valence-corrected chi connectivity index (χ0v) is 17.4. The zero-order chi connectivity index (χ0) is 22.0. The minimum Gasteiger partial charge on any atom is -0.347 e. The van der Waals surface area contributed by atoms with Gasteiger partial charge in [0.05, 0.1) is 6.04 Å². The lowest BCUT2D eigenvalue weighted by atomic mass is 10.1. The molecule has 0 aliphatic heterocycles. The average molecular weight is 435 g/mol. The van der Waals surface area contributed by atoms with Crippen molar-refractivity contribution in [2.45, 2.75) is 32.4 Å². The summed E-state index contributed by atoms with van der Waals surface area (Å²) in [4.78, 5) is 34.8. The first-order chi connectivity index (χ1) is 14.9. The number of carbonyl (C=O) groups is 2. The van der Waals surface area contributed by atoms with Crippen molar-refractivity contribution in [1.29, 1.82) is 5.26 Å². The van der Waals surface area contributed by atoms with Gasteiger partial charge in [-0.1, -0.05) is 12.1 Å². The van der Waals surface area contributed by atoms with Crippen LogP contribution in [-0.2, 0) is 13.0 Å². The molecule has 0 saturated heterocycles. The van der Waals surface area contributed by atoms with Gasteiger partial charge >= 0.3 is 0 Å². The molecule has 0 fully saturated rings. The van der Waals surface area contributed by atoms with E-state index in [0.717, 1.165) is 28.8 Å². The molecule has 1 atom stereocenters. The van der Waals surface area contributed by atoms with Crippen LogP contribution in [0.2, 0.25) is 0 Å². The van der Waals surface area contributed by atoms with Crippen LogP contribution in [0.5, 0.6) is 0 Å². The third kappa shape index (κ3) is 4.44. The maximum atomic E-state index is 13.4. The van der Waals surface area contributed by atoms with E-state index in [1.54, 1.807) is 19.1 Å². The third-order valence-corrected chi connectivity index (χ3v) is 6.22. The van der Waals surface area contributed by atoms with Crippen LogP contribution in [0.4, 0.5) is 4.39 Å². The molecule has 0 unspecified atom stereocenters. The molecule has 2 amide bonds. The Morgan fingerprint density at radius 3 is 2.74 bits per heavy atom. The maximum absolute atomic E-state index is 13.4. The molecule has 9 heteroatoms. The maximum Gasteiger partial charge on any atom is 0.270 e. The normalized spacial score (nSPS) is 14.5. The lowest BCUT2D eigenvalue weighted by Gasteiger charge is -2.13. The second-order valence-corrected chi connectivity index (χ2v) is 8.36. The van der Waals surface area contributed by atoms with E-state index in [4.69, 9.17) is 5.26 Å². The smallest absolute Gasteiger partial charge is 0.270 e. The molecule has 2 heterocycles. The Bertz CT molecular complexity index is 1220. The molecule has 0 radical (unpaired) electrons. The summed E-state index contributed by atoms with van der Waals surface area (Å²) >= 11 is 1.45. The summed E-state index contributed by atoms with van der Waals surface area (Å²) in [6.45, 7) is 1.86. The first kappa shape index (κ1) is 20.6. The Morgan fingerprint density at radius 2 is 2.00 bits per heavy atom. The van der Waals surface area contributed by atoms with E-state index < -0.39 is 11.8 Å². The predicted molar refractivity (Wildman–Crippen MR) is 112 cm³/mol. The summed E-state index contributed by atoms with van der Waals surface area (Å²) in [6.07, 6.45) is 2.74. The summed E-state index contributed by atoms with van der Waals surface area (Å²) in [7, 11) is 0. The number of fused-ring (bicyclic) bond motifs is 1. The minimum atomic E-state index is -0.460. The predicted octanol–water partition coefficient (Wildman–Crippen LogP) is 3.20. The molecule has 1 aliphatic carbocycles. The van der Waals surface area contributed by atoms with Gasteiger partial charge in [0.25, 0.3) is 11.8 Å².